The van der Waals surface area contributed by atoms with Gasteiger partial charge in [0.15, 0.2) is 5.96 Å². The lowest BCUT2D eigenvalue weighted by atomic mass is 10.1. The third-order valence-corrected chi connectivity index (χ3v) is 2.68. The molecule has 68 valence electrons. The molecule has 0 saturated carbocycles. The van der Waals surface area contributed by atoms with Crippen molar-refractivity contribution in [1.29, 1.82) is 0 Å². The average Bonchev–Trinajstić information content (AvgIpc) is 2.29. The highest BCUT2D eigenvalue weighted by Crippen LogP contribution is 2.19. The van der Waals surface area contributed by atoms with Crippen molar-refractivity contribution in [3.8, 4) is 0 Å². The van der Waals surface area contributed by atoms with Gasteiger partial charge in [0.05, 0.1) is 6.04 Å². The van der Waals surface area contributed by atoms with Gasteiger partial charge in [0, 0.05) is 18.6 Å². The maximum atomic E-state index is 4.58. The summed E-state index contributed by atoms with van der Waals surface area (Å²) < 4.78 is 0. The molecule has 3 heteroatoms. The Kier molecular flexibility index (Phi) is 1.74. The van der Waals surface area contributed by atoms with Gasteiger partial charge in [-0.3, -0.25) is 0 Å². The van der Waals surface area contributed by atoms with Gasteiger partial charge in [-0.05, 0) is 27.2 Å². The molecule has 12 heavy (non-hydrogen) atoms. The Morgan fingerprint density at radius 1 is 1.42 bits per heavy atom. The molecule has 2 heterocycles. The van der Waals surface area contributed by atoms with E-state index < -0.39 is 0 Å². The van der Waals surface area contributed by atoms with Crippen molar-refractivity contribution in [2.75, 3.05) is 6.54 Å². The second-order valence-corrected chi connectivity index (χ2v) is 4.08. The van der Waals surface area contributed by atoms with Crippen LogP contribution in [0.15, 0.2) is 4.99 Å². The van der Waals surface area contributed by atoms with Gasteiger partial charge in [0.2, 0.25) is 0 Å². The van der Waals surface area contributed by atoms with Crippen molar-refractivity contribution >= 4 is 5.96 Å². The summed E-state index contributed by atoms with van der Waals surface area (Å²) in [4.78, 5) is 6.96. The summed E-state index contributed by atoms with van der Waals surface area (Å²) in [7, 11) is 0. The van der Waals surface area contributed by atoms with Gasteiger partial charge in [-0.15, -0.1) is 0 Å². The average molecular weight is 167 g/mol. The predicted molar refractivity (Wildman–Crippen MR) is 50.3 cm³/mol. The van der Waals surface area contributed by atoms with Crippen molar-refractivity contribution in [3.05, 3.63) is 0 Å². The Hall–Kier alpha value is -0.730. The fraction of sp³-hybridized carbons (Fsp3) is 0.889. The summed E-state index contributed by atoms with van der Waals surface area (Å²) in [5.74, 6) is 1.12. The molecule has 0 radical (unpaired) electrons. The van der Waals surface area contributed by atoms with E-state index in [4.69, 9.17) is 0 Å². The Morgan fingerprint density at radius 2 is 2.17 bits per heavy atom. The highest BCUT2D eigenvalue weighted by atomic mass is 15.4. The van der Waals surface area contributed by atoms with Gasteiger partial charge in [-0.1, -0.05) is 0 Å². The summed E-state index contributed by atoms with van der Waals surface area (Å²) in [5.41, 5.74) is 0. The molecule has 2 rings (SSSR count). The Bertz CT molecular complexity index is 212. The van der Waals surface area contributed by atoms with Gasteiger partial charge < -0.3 is 10.2 Å². The monoisotopic (exact) mass is 167 g/mol. The molecular weight excluding hydrogens is 150 g/mol. The van der Waals surface area contributed by atoms with Crippen LogP contribution in [0.1, 0.15) is 27.2 Å². The Labute approximate surface area is 73.9 Å². The summed E-state index contributed by atoms with van der Waals surface area (Å²) in [6, 6.07) is 1.71. The molecule has 0 amide bonds. The van der Waals surface area contributed by atoms with E-state index in [1.54, 1.807) is 0 Å². The summed E-state index contributed by atoms with van der Waals surface area (Å²) in [5, 5.41) is 3.39. The maximum absolute atomic E-state index is 4.58. The Morgan fingerprint density at radius 3 is 2.92 bits per heavy atom. The lowest BCUT2D eigenvalue weighted by Crippen LogP contribution is -2.43. The van der Waals surface area contributed by atoms with E-state index in [9.17, 15) is 0 Å². The molecule has 0 aromatic heterocycles. The van der Waals surface area contributed by atoms with Crippen LogP contribution in [0, 0.1) is 0 Å². The smallest absolute Gasteiger partial charge is 0.194 e. The van der Waals surface area contributed by atoms with Crippen LogP contribution in [-0.4, -0.2) is 35.5 Å². The summed E-state index contributed by atoms with van der Waals surface area (Å²) in [6.07, 6.45) is 1.19. The second-order valence-electron chi connectivity index (χ2n) is 4.08. The molecular formula is C9H17N3. The molecule has 3 nitrogen and oxygen atoms in total. The molecule has 0 aliphatic carbocycles. The Balaban J connectivity index is 2.20. The van der Waals surface area contributed by atoms with Gasteiger partial charge in [0.1, 0.15) is 0 Å². The molecule has 2 aliphatic heterocycles. The van der Waals surface area contributed by atoms with E-state index in [2.05, 4.69) is 36.0 Å². The minimum Gasteiger partial charge on any atom is -0.352 e. The van der Waals surface area contributed by atoms with E-state index in [0.29, 0.717) is 18.1 Å². The molecule has 0 bridgehead atoms. The van der Waals surface area contributed by atoms with Gasteiger partial charge >= 0.3 is 0 Å². The predicted octanol–water partition coefficient (Wildman–Crippen LogP) is 0.817. The highest BCUT2D eigenvalue weighted by molar-refractivity contribution is 5.83. The van der Waals surface area contributed by atoms with E-state index in [1.807, 2.05) is 0 Å². The second kappa shape index (κ2) is 2.64. The molecule has 1 fully saturated rings. The maximum Gasteiger partial charge on any atom is 0.194 e. The number of nitrogens with zero attached hydrogens (tertiary/aromatic N) is 2. The number of rotatable bonds is 0. The molecule has 0 aromatic rings. The normalized spacial score (nSPS) is 40.4. The first kappa shape index (κ1) is 7.90. The minimum absolute atomic E-state index is 0.490. The molecule has 3 unspecified atom stereocenters. The zero-order valence-corrected chi connectivity index (χ0v) is 8.04. The number of guanidine groups is 1. The van der Waals surface area contributed by atoms with Gasteiger partial charge in [0.25, 0.3) is 0 Å². The van der Waals surface area contributed by atoms with Crippen LogP contribution in [0.2, 0.25) is 0 Å². The van der Waals surface area contributed by atoms with Crippen molar-refractivity contribution in [2.24, 2.45) is 4.99 Å². The number of nitrogens with one attached hydrogen (secondary N) is 1. The first-order valence-corrected chi connectivity index (χ1v) is 4.78. The third kappa shape index (κ3) is 1.17. The third-order valence-electron chi connectivity index (χ3n) is 2.68. The lowest BCUT2D eigenvalue weighted by molar-refractivity contribution is 0.298. The van der Waals surface area contributed by atoms with Crippen LogP contribution in [0.25, 0.3) is 0 Å². The van der Waals surface area contributed by atoms with Gasteiger partial charge in [-0.25, -0.2) is 4.99 Å². The first-order valence-electron chi connectivity index (χ1n) is 4.78. The van der Waals surface area contributed by atoms with E-state index in [0.717, 1.165) is 12.5 Å². The number of fused-ring (bicyclic) bond motifs is 1. The minimum atomic E-state index is 0.490. The lowest BCUT2D eigenvalue weighted by Gasteiger charge is -2.31. The number of aliphatic imine (C=N–C) groups is 1. The van der Waals surface area contributed by atoms with Crippen LogP contribution in [-0.2, 0) is 0 Å². The van der Waals surface area contributed by atoms with Crippen LogP contribution in [0.5, 0.6) is 0 Å². The fourth-order valence-corrected chi connectivity index (χ4v) is 2.11. The summed E-state index contributed by atoms with van der Waals surface area (Å²) in [6.45, 7) is 7.79. The molecule has 1 N–H and O–H groups in total. The quantitative estimate of drug-likeness (QED) is 0.578. The zero-order chi connectivity index (χ0) is 8.72. The van der Waals surface area contributed by atoms with Crippen LogP contribution >= 0.6 is 0 Å². The van der Waals surface area contributed by atoms with Crippen LogP contribution in [0.3, 0.4) is 0 Å². The van der Waals surface area contributed by atoms with Crippen LogP contribution in [0.4, 0.5) is 0 Å². The van der Waals surface area contributed by atoms with Crippen molar-refractivity contribution < 1.29 is 0 Å². The number of hydrogen-bond donors (Lipinski definition) is 1. The topological polar surface area (TPSA) is 27.6 Å². The summed E-state index contributed by atoms with van der Waals surface area (Å²) >= 11 is 0. The highest BCUT2D eigenvalue weighted by Gasteiger charge is 2.31. The zero-order valence-electron chi connectivity index (χ0n) is 8.04. The van der Waals surface area contributed by atoms with E-state index >= 15 is 0 Å². The van der Waals surface area contributed by atoms with E-state index in [1.165, 1.54) is 6.42 Å². The number of hydrogen-bond acceptors (Lipinski definition) is 3. The largest absolute Gasteiger partial charge is 0.352 e. The molecule has 2 aliphatic rings. The molecule has 1 saturated heterocycles. The van der Waals surface area contributed by atoms with Crippen LogP contribution < -0.4 is 5.32 Å². The SMILES string of the molecule is CC1CC(C)N2CC(C)NC2=N1. The fourth-order valence-electron chi connectivity index (χ4n) is 2.11. The van der Waals surface area contributed by atoms with E-state index in [-0.39, 0.29) is 0 Å². The van der Waals surface area contributed by atoms with Crippen molar-refractivity contribution in [1.82, 2.24) is 10.2 Å². The standard InChI is InChI=1S/C9H17N3/c1-6-4-8(3)12-5-7(2)11-9(12)10-6/h6-8H,4-5H2,1-3H3,(H,10,11). The molecule has 0 spiro atoms. The first-order chi connectivity index (χ1) is 5.66. The molecule has 0 aromatic carbocycles. The van der Waals surface area contributed by atoms with Gasteiger partial charge in [-0.2, -0.15) is 0 Å². The van der Waals surface area contributed by atoms with Crippen molar-refractivity contribution in [3.63, 3.8) is 0 Å². The molecule has 3 atom stereocenters. The van der Waals surface area contributed by atoms with Crippen molar-refractivity contribution in [2.45, 2.75) is 45.3 Å².